The van der Waals surface area contributed by atoms with Crippen molar-refractivity contribution in [3.05, 3.63) is 22.0 Å². The van der Waals surface area contributed by atoms with Crippen molar-refractivity contribution in [3.8, 4) is 0 Å². The van der Waals surface area contributed by atoms with Crippen LogP contribution in [-0.4, -0.2) is 17.5 Å². The first kappa shape index (κ1) is 7.02. The molecule has 0 aromatic carbocycles. The van der Waals surface area contributed by atoms with Crippen molar-refractivity contribution in [1.82, 2.24) is 4.98 Å². The third kappa shape index (κ3) is 1.66. The van der Waals surface area contributed by atoms with Crippen LogP contribution in [0.1, 0.15) is 0 Å². The molecule has 1 aromatic heterocycles. The Bertz CT molecular complexity index is 206. The minimum absolute atomic E-state index is 0.762. The second kappa shape index (κ2) is 3.17. The van der Waals surface area contributed by atoms with Crippen LogP contribution in [-0.2, 0) is 0 Å². The van der Waals surface area contributed by atoms with Gasteiger partial charge in [-0.05, 0) is 34.1 Å². The van der Waals surface area contributed by atoms with Gasteiger partial charge in [0.05, 0.1) is 3.70 Å². The van der Waals surface area contributed by atoms with Gasteiger partial charge in [0.25, 0.3) is 0 Å². The molecule has 4 heteroatoms. The van der Waals surface area contributed by atoms with Gasteiger partial charge in [-0.15, -0.1) is 0 Å². The molecule has 0 saturated carbocycles. The Kier molecular flexibility index (Phi) is 2.47. The number of rotatable bonds is 1. The van der Waals surface area contributed by atoms with Gasteiger partial charge in [-0.25, -0.2) is 0 Å². The molecule has 0 bridgehead atoms. The first-order chi connectivity index (χ1) is 4.34. The van der Waals surface area contributed by atoms with E-state index in [0.29, 0.717) is 0 Å². The van der Waals surface area contributed by atoms with E-state index in [4.69, 9.17) is 5.02 Å². The fourth-order valence-electron chi connectivity index (χ4n) is 0.495. The summed E-state index contributed by atoms with van der Waals surface area (Å²) >= 11 is 2.06. The van der Waals surface area contributed by atoms with E-state index < -0.39 is 0 Å². The van der Waals surface area contributed by atoms with Crippen LogP contribution < -0.4 is 5.46 Å². The highest BCUT2D eigenvalue weighted by Gasteiger charge is 1.97. The third-order valence-corrected chi connectivity index (χ3v) is 1.83. The standard InChI is InChI=1S/C5H4BINO/c7-5-4(6-9)2-1-3-8-5/h1-3,9H. The van der Waals surface area contributed by atoms with Gasteiger partial charge < -0.3 is 5.02 Å². The minimum atomic E-state index is 0.762. The van der Waals surface area contributed by atoms with Crippen LogP contribution in [0.5, 0.6) is 0 Å². The summed E-state index contributed by atoms with van der Waals surface area (Å²) in [4.78, 5) is 3.95. The van der Waals surface area contributed by atoms with Gasteiger partial charge >= 0.3 is 7.48 Å². The molecule has 0 aliphatic rings. The maximum absolute atomic E-state index is 8.55. The van der Waals surface area contributed by atoms with E-state index in [1.807, 2.05) is 0 Å². The molecule has 9 heavy (non-hydrogen) atoms. The Hall–Kier alpha value is -0.0951. The van der Waals surface area contributed by atoms with E-state index in [-0.39, 0.29) is 0 Å². The molecule has 0 amide bonds. The zero-order valence-electron chi connectivity index (χ0n) is 4.58. The lowest BCUT2D eigenvalue weighted by Gasteiger charge is -1.93. The number of aromatic nitrogens is 1. The monoisotopic (exact) mass is 232 g/mol. The summed E-state index contributed by atoms with van der Waals surface area (Å²) < 4.78 is 0.817. The average molecular weight is 232 g/mol. The number of halogens is 1. The minimum Gasteiger partial charge on any atom is -0.450 e. The van der Waals surface area contributed by atoms with Crippen LogP contribution in [0, 0.1) is 3.70 Å². The number of pyridine rings is 1. The second-order valence-corrected chi connectivity index (χ2v) is 2.53. The summed E-state index contributed by atoms with van der Waals surface area (Å²) in [5, 5.41) is 8.55. The molecule has 1 N–H and O–H groups in total. The lowest BCUT2D eigenvalue weighted by molar-refractivity contribution is 0.615. The maximum atomic E-state index is 8.55. The molecule has 0 unspecified atom stereocenters. The van der Waals surface area contributed by atoms with Crippen LogP contribution in [0.3, 0.4) is 0 Å². The van der Waals surface area contributed by atoms with E-state index in [2.05, 4.69) is 27.6 Å². The van der Waals surface area contributed by atoms with Crippen molar-refractivity contribution in [2.75, 3.05) is 0 Å². The Morgan fingerprint density at radius 2 is 2.44 bits per heavy atom. The lowest BCUT2D eigenvalue weighted by Crippen LogP contribution is -2.17. The molecule has 2 nitrogen and oxygen atoms in total. The molecule has 0 fully saturated rings. The van der Waals surface area contributed by atoms with Crippen molar-refractivity contribution < 1.29 is 5.02 Å². The van der Waals surface area contributed by atoms with E-state index in [1.54, 1.807) is 18.3 Å². The molecule has 0 atom stereocenters. The predicted molar refractivity (Wildman–Crippen MR) is 44.6 cm³/mol. The van der Waals surface area contributed by atoms with Gasteiger partial charge in [0, 0.05) is 6.20 Å². The Morgan fingerprint density at radius 1 is 1.67 bits per heavy atom. The predicted octanol–water partition coefficient (Wildman–Crippen LogP) is -0.0770. The summed E-state index contributed by atoms with van der Waals surface area (Å²) in [6, 6.07) is 3.58. The van der Waals surface area contributed by atoms with Gasteiger partial charge in [-0.1, -0.05) is 6.07 Å². The Balaban J connectivity index is 3.01. The zero-order chi connectivity index (χ0) is 6.69. The quantitative estimate of drug-likeness (QED) is 0.417. The first-order valence-corrected chi connectivity index (χ1v) is 3.50. The fraction of sp³-hybridized carbons (Fsp3) is 0. The molecule has 0 saturated heterocycles. The SMILES string of the molecule is O[B]c1cccnc1I. The Labute approximate surface area is 67.7 Å². The van der Waals surface area contributed by atoms with Gasteiger partial charge in [-0.2, -0.15) is 0 Å². The molecule has 0 aliphatic carbocycles. The van der Waals surface area contributed by atoms with Crippen LogP contribution in [0.2, 0.25) is 0 Å². The molecule has 1 aromatic rings. The maximum Gasteiger partial charge on any atom is 0.329 e. The Morgan fingerprint density at radius 3 is 2.89 bits per heavy atom. The average Bonchev–Trinajstić information content (AvgIpc) is 1.89. The fourth-order valence-corrected chi connectivity index (χ4v) is 0.975. The third-order valence-electron chi connectivity index (χ3n) is 0.927. The smallest absolute Gasteiger partial charge is 0.329 e. The molecule has 1 rings (SSSR count). The number of hydrogen-bond donors (Lipinski definition) is 1. The zero-order valence-corrected chi connectivity index (χ0v) is 6.74. The lowest BCUT2D eigenvalue weighted by atomic mass is 9.91. The van der Waals surface area contributed by atoms with E-state index in [9.17, 15) is 0 Å². The van der Waals surface area contributed by atoms with Crippen LogP contribution >= 0.6 is 22.6 Å². The van der Waals surface area contributed by atoms with E-state index >= 15 is 0 Å². The van der Waals surface area contributed by atoms with Crippen molar-refractivity contribution in [3.63, 3.8) is 0 Å². The van der Waals surface area contributed by atoms with Crippen LogP contribution in [0.25, 0.3) is 0 Å². The van der Waals surface area contributed by atoms with Crippen molar-refractivity contribution in [2.24, 2.45) is 0 Å². The topological polar surface area (TPSA) is 33.1 Å². The normalized spacial score (nSPS) is 9.11. The first-order valence-electron chi connectivity index (χ1n) is 2.42. The number of hydrogen-bond acceptors (Lipinski definition) is 2. The summed E-state index contributed by atoms with van der Waals surface area (Å²) in [5.74, 6) is 0. The van der Waals surface area contributed by atoms with Crippen molar-refractivity contribution in [1.29, 1.82) is 0 Å². The van der Waals surface area contributed by atoms with Gasteiger partial charge in [0.1, 0.15) is 0 Å². The molecule has 0 spiro atoms. The largest absolute Gasteiger partial charge is 0.450 e. The summed E-state index contributed by atoms with van der Waals surface area (Å²) in [7, 11) is 1.05. The van der Waals surface area contributed by atoms with Crippen LogP contribution in [0.4, 0.5) is 0 Å². The van der Waals surface area contributed by atoms with Crippen molar-refractivity contribution >= 4 is 35.5 Å². The van der Waals surface area contributed by atoms with Gasteiger partial charge in [-0.3, -0.25) is 4.98 Å². The second-order valence-electron chi connectivity index (χ2n) is 1.51. The summed E-state index contributed by atoms with van der Waals surface area (Å²) in [5.41, 5.74) is 0.762. The number of nitrogens with zero attached hydrogens (tertiary/aromatic N) is 1. The van der Waals surface area contributed by atoms with Crippen molar-refractivity contribution in [2.45, 2.75) is 0 Å². The highest BCUT2D eigenvalue weighted by molar-refractivity contribution is 14.1. The molecule has 1 heterocycles. The van der Waals surface area contributed by atoms with Gasteiger partial charge in [0.15, 0.2) is 0 Å². The molecule has 0 aliphatic heterocycles. The molecule has 1 radical (unpaired) electrons. The summed E-state index contributed by atoms with van der Waals surface area (Å²) in [6.07, 6.45) is 1.69. The van der Waals surface area contributed by atoms with E-state index in [1.165, 1.54) is 0 Å². The summed E-state index contributed by atoms with van der Waals surface area (Å²) in [6.45, 7) is 0. The van der Waals surface area contributed by atoms with Crippen LogP contribution in [0.15, 0.2) is 18.3 Å². The highest BCUT2D eigenvalue weighted by atomic mass is 127. The molecule has 45 valence electrons. The van der Waals surface area contributed by atoms with E-state index in [0.717, 1.165) is 16.6 Å². The molecular weight excluding hydrogens is 228 g/mol. The van der Waals surface area contributed by atoms with Gasteiger partial charge in [0.2, 0.25) is 0 Å². The highest BCUT2D eigenvalue weighted by Crippen LogP contribution is 1.92. The molecular formula is C5H4BINO.